The molecule has 3 heterocycles. The predicted octanol–water partition coefficient (Wildman–Crippen LogP) is 1.31. The summed E-state index contributed by atoms with van der Waals surface area (Å²) in [6, 6.07) is 2.80. The normalized spacial score (nSPS) is 22.2. The van der Waals surface area contributed by atoms with E-state index in [0.29, 0.717) is 30.3 Å². The molecule has 4 rings (SSSR count). The minimum absolute atomic E-state index is 0.134. The molecule has 2 aromatic heterocycles. The number of hydrogen-bond acceptors (Lipinski definition) is 5. The molecule has 132 valence electrons. The van der Waals surface area contributed by atoms with Crippen LogP contribution in [0, 0.1) is 13.8 Å². The quantitative estimate of drug-likeness (QED) is 0.908. The average molecular weight is 343 g/mol. The predicted molar refractivity (Wildman–Crippen MR) is 89.8 cm³/mol. The largest absolute Gasteiger partial charge is 0.466 e. The first kappa shape index (κ1) is 16.1. The molecule has 0 radical (unpaired) electrons. The highest BCUT2D eigenvalue weighted by molar-refractivity contribution is 5.95. The van der Waals surface area contributed by atoms with E-state index in [1.807, 2.05) is 0 Å². The number of furan rings is 1. The van der Waals surface area contributed by atoms with Crippen molar-refractivity contribution in [2.45, 2.75) is 45.2 Å². The number of fused-ring (bicyclic) bond motifs is 1. The van der Waals surface area contributed by atoms with Crippen LogP contribution >= 0.6 is 0 Å². The van der Waals surface area contributed by atoms with Gasteiger partial charge in [-0.25, -0.2) is 4.68 Å². The Morgan fingerprint density at radius 1 is 1.28 bits per heavy atom. The van der Waals surface area contributed by atoms with Crippen LogP contribution in [0.1, 0.15) is 45.6 Å². The number of ether oxygens (including phenoxy) is 1. The number of carbonyl (C=O) groups is 1. The Morgan fingerprint density at radius 3 is 2.88 bits per heavy atom. The van der Waals surface area contributed by atoms with Gasteiger partial charge in [0.15, 0.2) is 0 Å². The minimum atomic E-state index is -0.299. The zero-order valence-corrected chi connectivity index (χ0v) is 14.4. The van der Waals surface area contributed by atoms with Gasteiger partial charge in [-0.1, -0.05) is 0 Å². The third-order valence-corrected chi connectivity index (χ3v) is 4.95. The summed E-state index contributed by atoms with van der Waals surface area (Å²) in [7, 11) is 0. The molecule has 1 fully saturated rings. The fraction of sp³-hybridized carbons (Fsp3) is 0.500. The van der Waals surface area contributed by atoms with Gasteiger partial charge in [-0.15, -0.1) is 0 Å². The van der Waals surface area contributed by atoms with Crippen LogP contribution in [0.25, 0.3) is 0 Å². The standard InChI is InChI=1S/C18H21N3O4/c1-10-6-13(11(2)25-10)18(23)19-15-8-24-9-16(15)21-17(22)7-12-4-3-5-14(12)20-21/h6-7,15-16H,3-5,8-9H2,1-2H3,(H,19,23). The summed E-state index contributed by atoms with van der Waals surface area (Å²) in [5.74, 6) is 1.06. The SMILES string of the molecule is Cc1cc(C(=O)NC2COCC2n2nc3c(cc2=O)CCC3)c(C)o1. The molecule has 0 spiro atoms. The zero-order valence-electron chi connectivity index (χ0n) is 14.4. The van der Waals surface area contributed by atoms with Crippen LogP contribution in [0.4, 0.5) is 0 Å². The molecule has 0 bridgehead atoms. The van der Waals surface area contributed by atoms with Crippen molar-refractivity contribution < 1.29 is 13.9 Å². The molecule has 25 heavy (non-hydrogen) atoms. The lowest BCUT2D eigenvalue weighted by molar-refractivity contribution is 0.0923. The molecule has 2 atom stereocenters. The maximum atomic E-state index is 12.5. The molecule has 1 amide bonds. The van der Waals surface area contributed by atoms with Crippen LogP contribution in [-0.2, 0) is 17.6 Å². The lowest BCUT2D eigenvalue weighted by Crippen LogP contribution is -2.44. The van der Waals surface area contributed by atoms with E-state index in [1.54, 1.807) is 26.0 Å². The maximum Gasteiger partial charge on any atom is 0.267 e. The van der Waals surface area contributed by atoms with Gasteiger partial charge in [-0.05, 0) is 44.7 Å². The third kappa shape index (κ3) is 2.89. The van der Waals surface area contributed by atoms with Gasteiger partial charge in [0.2, 0.25) is 0 Å². The zero-order chi connectivity index (χ0) is 17.6. The van der Waals surface area contributed by atoms with Crippen molar-refractivity contribution in [1.82, 2.24) is 15.1 Å². The first-order chi connectivity index (χ1) is 12.0. The van der Waals surface area contributed by atoms with Crippen LogP contribution in [0.3, 0.4) is 0 Å². The Labute approximate surface area is 145 Å². The number of carbonyl (C=O) groups excluding carboxylic acids is 1. The highest BCUT2D eigenvalue weighted by Crippen LogP contribution is 2.22. The summed E-state index contributed by atoms with van der Waals surface area (Å²) in [5, 5.41) is 7.51. The van der Waals surface area contributed by atoms with Crippen molar-refractivity contribution in [2.75, 3.05) is 13.2 Å². The minimum Gasteiger partial charge on any atom is -0.466 e. The summed E-state index contributed by atoms with van der Waals surface area (Å²) in [6.07, 6.45) is 2.85. The van der Waals surface area contributed by atoms with E-state index in [0.717, 1.165) is 30.5 Å². The molecule has 0 aromatic carbocycles. The monoisotopic (exact) mass is 343 g/mol. The Balaban J connectivity index is 1.58. The smallest absolute Gasteiger partial charge is 0.267 e. The third-order valence-electron chi connectivity index (χ3n) is 4.95. The van der Waals surface area contributed by atoms with Gasteiger partial charge in [0.05, 0.1) is 30.5 Å². The van der Waals surface area contributed by atoms with Gasteiger partial charge in [0, 0.05) is 6.07 Å². The molecule has 1 saturated heterocycles. The highest BCUT2D eigenvalue weighted by Gasteiger charge is 2.34. The van der Waals surface area contributed by atoms with E-state index in [2.05, 4.69) is 10.4 Å². The average Bonchev–Trinajstić information content (AvgIpc) is 3.26. The molecular formula is C18H21N3O4. The van der Waals surface area contributed by atoms with Crippen molar-refractivity contribution in [3.8, 4) is 0 Å². The van der Waals surface area contributed by atoms with Crippen molar-refractivity contribution in [3.05, 3.63) is 50.8 Å². The van der Waals surface area contributed by atoms with Crippen molar-refractivity contribution in [2.24, 2.45) is 0 Å². The van der Waals surface area contributed by atoms with E-state index in [1.165, 1.54) is 4.68 Å². The molecule has 1 N–H and O–H groups in total. The first-order valence-corrected chi connectivity index (χ1v) is 8.60. The number of aryl methyl sites for hydroxylation is 4. The van der Waals surface area contributed by atoms with E-state index in [4.69, 9.17) is 9.15 Å². The van der Waals surface area contributed by atoms with Gasteiger partial charge in [-0.2, -0.15) is 5.10 Å². The molecule has 1 aliphatic carbocycles. The van der Waals surface area contributed by atoms with Gasteiger partial charge in [-0.3, -0.25) is 9.59 Å². The number of aromatic nitrogens is 2. The number of nitrogens with zero attached hydrogens (tertiary/aromatic N) is 2. The van der Waals surface area contributed by atoms with Crippen LogP contribution < -0.4 is 10.9 Å². The molecule has 2 aliphatic rings. The van der Waals surface area contributed by atoms with E-state index >= 15 is 0 Å². The van der Waals surface area contributed by atoms with Crippen LogP contribution in [0.15, 0.2) is 21.3 Å². The van der Waals surface area contributed by atoms with Crippen LogP contribution in [0.5, 0.6) is 0 Å². The Morgan fingerprint density at radius 2 is 2.12 bits per heavy atom. The highest BCUT2D eigenvalue weighted by atomic mass is 16.5. The lowest BCUT2D eigenvalue weighted by atomic mass is 10.1. The van der Waals surface area contributed by atoms with Crippen molar-refractivity contribution in [3.63, 3.8) is 0 Å². The number of amides is 1. The van der Waals surface area contributed by atoms with Crippen LogP contribution in [-0.4, -0.2) is 34.9 Å². The molecule has 1 aliphatic heterocycles. The van der Waals surface area contributed by atoms with E-state index < -0.39 is 0 Å². The second-order valence-corrected chi connectivity index (χ2v) is 6.76. The summed E-state index contributed by atoms with van der Waals surface area (Å²) >= 11 is 0. The molecule has 7 nitrogen and oxygen atoms in total. The first-order valence-electron chi connectivity index (χ1n) is 8.60. The summed E-state index contributed by atoms with van der Waals surface area (Å²) in [6.45, 7) is 4.29. The molecule has 7 heteroatoms. The van der Waals surface area contributed by atoms with E-state index in [9.17, 15) is 9.59 Å². The molecule has 2 unspecified atom stereocenters. The molecular weight excluding hydrogens is 322 g/mol. The fourth-order valence-electron chi connectivity index (χ4n) is 3.68. The topological polar surface area (TPSA) is 86.4 Å². The number of rotatable bonds is 3. The Bertz CT molecular complexity index is 883. The Kier molecular flexibility index (Phi) is 3.95. The second-order valence-electron chi connectivity index (χ2n) is 6.76. The molecule has 2 aromatic rings. The molecule has 0 saturated carbocycles. The summed E-state index contributed by atoms with van der Waals surface area (Å²) in [4.78, 5) is 25.0. The number of hydrogen-bond donors (Lipinski definition) is 1. The lowest BCUT2D eigenvalue weighted by Gasteiger charge is -2.20. The van der Waals surface area contributed by atoms with Crippen molar-refractivity contribution in [1.29, 1.82) is 0 Å². The van der Waals surface area contributed by atoms with Gasteiger partial charge >= 0.3 is 0 Å². The van der Waals surface area contributed by atoms with Crippen molar-refractivity contribution >= 4 is 5.91 Å². The van der Waals surface area contributed by atoms with Gasteiger partial charge in [0.25, 0.3) is 11.5 Å². The second kappa shape index (κ2) is 6.15. The Hall–Kier alpha value is -2.41. The van der Waals surface area contributed by atoms with Crippen LogP contribution in [0.2, 0.25) is 0 Å². The fourth-order valence-corrected chi connectivity index (χ4v) is 3.68. The maximum absolute atomic E-state index is 12.5. The van der Waals surface area contributed by atoms with E-state index in [-0.39, 0.29) is 23.6 Å². The summed E-state index contributed by atoms with van der Waals surface area (Å²) < 4.78 is 12.4. The number of nitrogens with one attached hydrogen (secondary N) is 1. The summed E-state index contributed by atoms with van der Waals surface area (Å²) in [5.41, 5.74) is 2.41. The van der Waals surface area contributed by atoms with Gasteiger partial charge < -0.3 is 14.5 Å². The van der Waals surface area contributed by atoms with Gasteiger partial charge in [0.1, 0.15) is 17.6 Å².